The Morgan fingerprint density at radius 1 is 0.398 bits per heavy atom. The lowest BCUT2D eigenvalue weighted by atomic mass is 9.93. The fourth-order valence-electron chi connectivity index (χ4n) is 13.4. The topological polar surface area (TPSA) is 568 Å². The number of azide groups is 1. The summed E-state index contributed by atoms with van der Waals surface area (Å²) in [6.07, 6.45) is -55.9. The Bertz CT molecular complexity index is 3750. The number of carbonyl (C=O) groups excluding carboxylic acids is 13. The quantitative estimate of drug-likeness (QED) is 0.0233. The maximum absolute atomic E-state index is 14.9. The fraction of sp³-hybridized carbons (Fsp3) is 0.740. The Morgan fingerprint density at radius 3 is 1.14 bits per heavy atom. The lowest BCUT2D eigenvalue weighted by Crippen LogP contribution is -2.71. The first-order chi connectivity index (χ1) is 55.2. The van der Waals surface area contributed by atoms with Crippen molar-refractivity contribution in [3.8, 4) is 0 Å². The van der Waals surface area contributed by atoms with Gasteiger partial charge >= 0.3 is 77.6 Å². The van der Waals surface area contributed by atoms with Crippen molar-refractivity contribution in [2.24, 2.45) is 10.8 Å². The van der Waals surface area contributed by atoms with Crippen molar-refractivity contribution in [2.75, 3.05) is 26.4 Å². The van der Waals surface area contributed by atoms with E-state index < -0.39 is 301 Å². The smallest absolute Gasteiger partial charge is 0.338 e. The van der Waals surface area contributed by atoms with E-state index in [1.54, 1.807) is 6.07 Å². The molecule has 45 heteroatoms. The van der Waals surface area contributed by atoms with E-state index in [2.05, 4.69) is 10.0 Å². The molecule has 6 saturated heterocycles. The number of nitrogens with two attached hydrogens (primary N) is 1. The molecule has 0 aliphatic carbocycles. The van der Waals surface area contributed by atoms with Crippen LogP contribution in [0.15, 0.2) is 35.4 Å². The Hall–Kier alpha value is -8.74. The molecule has 6 heterocycles. The van der Waals surface area contributed by atoms with Gasteiger partial charge in [-0.15, -0.1) is 0 Å². The van der Waals surface area contributed by atoms with Gasteiger partial charge in [0.2, 0.25) is 0 Å². The first kappa shape index (κ1) is 96.4. The summed E-state index contributed by atoms with van der Waals surface area (Å²) < 4.78 is 154. The third kappa shape index (κ3) is 25.9. The van der Waals surface area contributed by atoms with E-state index in [-0.39, 0.29) is 5.56 Å². The van der Waals surface area contributed by atoms with Crippen molar-refractivity contribution in [1.82, 2.24) is 0 Å². The summed E-state index contributed by atoms with van der Waals surface area (Å²) in [6.45, 7) is 20.3. The van der Waals surface area contributed by atoms with Gasteiger partial charge in [-0.1, -0.05) is 44.1 Å². The number of rotatable bonds is 31. The zero-order valence-electron chi connectivity index (χ0n) is 68.4. The zero-order valence-corrected chi connectivity index (χ0v) is 69.4. The number of esters is 13. The minimum atomic E-state index is -2.72. The zero-order chi connectivity index (χ0) is 87.9. The van der Waals surface area contributed by atoms with E-state index in [0.29, 0.717) is 0 Å². The van der Waals surface area contributed by atoms with Crippen molar-refractivity contribution in [2.45, 2.75) is 320 Å². The molecule has 0 bridgehead atoms. The third-order valence-electron chi connectivity index (χ3n) is 19.4. The molecule has 118 heavy (non-hydrogen) atoms. The Labute approximate surface area is 677 Å². The highest BCUT2D eigenvalue weighted by Crippen LogP contribution is 2.43. The van der Waals surface area contributed by atoms with E-state index in [1.165, 1.54) is 38.1 Å². The van der Waals surface area contributed by atoms with Crippen LogP contribution in [0.4, 0.5) is 0 Å². The molecule has 1 aromatic carbocycles. The van der Waals surface area contributed by atoms with Gasteiger partial charge in [0.25, 0.3) is 0 Å². The number of hydrogen-bond donors (Lipinski definition) is 3. The number of carbonyl (C=O) groups is 13. The first-order valence-electron chi connectivity index (χ1n) is 37.4. The number of nitrogens with zero attached hydrogens (tertiary/aromatic N) is 3. The van der Waals surface area contributed by atoms with Gasteiger partial charge in [0, 0.05) is 88.0 Å². The number of benzene rings is 1. The maximum atomic E-state index is 14.9. The van der Waals surface area contributed by atoms with E-state index >= 15 is 0 Å². The number of aliphatic hydroxyl groups is 2. The predicted octanol–water partition coefficient (Wildman–Crippen LogP) is 0.983. The summed E-state index contributed by atoms with van der Waals surface area (Å²) in [6, 6.07) is 2.96. The number of aliphatic hydroxyl groups excluding tert-OH is 2. The molecule has 6 aliphatic rings. The average Bonchev–Trinajstić information content (AvgIpc) is 0.755. The summed E-state index contributed by atoms with van der Waals surface area (Å²) in [5.41, 5.74) is 17.4. The van der Waals surface area contributed by atoms with E-state index in [1.807, 2.05) is 33.9 Å². The minimum Gasteiger partial charge on any atom is -0.463 e. The lowest BCUT2D eigenvalue weighted by molar-refractivity contribution is -0.399. The van der Waals surface area contributed by atoms with Crippen LogP contribution in [0.25, 0.3) is 10.4 Å². The molecule has 4 N–H and O–H groups in total. The largest absolute Gasteiger partial charge is 0.463 e. The van der Waals surface area contributed by atoms with Gasteiger partial charge in [-0.3, -0.25) is 57.5 Å². The van der Waals surface area contributed by atoms with Gasteiger partial charge in [-0.25, -0.2) is 4.79 Å². The molecule has 660 valence electrons. The molecule has 7 rings (SSSR count). The molecule has 6 aliphatic heterocycles. The van der Waals surface area contributed by atoms with Gasteiger partial charge in [0.1, 0.15) is 80.8 Å². The van der Waals surface area contributed by atoms with Crippen LogP contribution < -0.4 is 5.73 Å². The van der Waals surface area contributed by atoms with Crippen molar-refractivity contribution in [3.05, 3.63) is 46.3 Å². The van der Waals surface area contributed by atoms with Crippen LogP contribution in [0.1, 0.15) is 128 Å². The normalized spacial score (nSPS) is 34.8. The second kappa shape index (κ2) is 42.5. The Balaban J connectivity index is 1.53. The standard InChI is InChI=1S/C73H104N4O40Si/c1-29-51(99-34(6)81)58(103-38(10)85)62(106-41(13)88)69(97-29)114-56-48(74)68(116-61-55(102-37(9)84)47(27-95-33(5)80)110-71(64(61)112-66(91)43-23-21-20-22-24-43)115-57-49(76-77-75)67(92)108-44(50(57)90)28-96-118(18,19)73(15,16)17)109-45(25-93-31(3)78)53(56)113-72-65(60(105-40(12)87)54(101-36(8)83)46(111-72)26-94-32(4)79)117-70-63(107-42(14)89)59(104-39(11)86)52(30(2)98-70)100-35(7)82/h20-24,29-30,44-65,67-72,90,92H,25-28,74H2,1-19H3/t29-,30-,44+,45+,46+,47+,48+,49+,50-,51+,52+,53+,54-,55-,56+,57+,58+,59+,60-,61-,62-,63-,64+,65+,67-,68-,69-,70-,71-,72-/m0/s1. The van der Waals surface area contributed by atoms with Gasteiger partial charge in [-0.2, -0.15) is 0 Å². The highest BCUT2D eigenvalue weighted by Gasteiger charge is 2.63. The van der Waals surface area contributed by atoms with Crippen LogP contribution in [0.5, 0.6) is 0 Å². The fourth-order valence-corrected chi connectivity index (χ4v) is 14.4. The first-order valence-corrected chi connectivity index (χ1v) is 40.3. The van der Waals surface area contributed by atoms with E-state index in [4.69, 9.17) is 124 Å². The SMILES string of the molecule is CC(=O)OC[C@H]1O[C@@H](O[C@H]2[C@@H](O)[C@@H](CO[Si](C)(C)C(C)(C)C)O[C@H](O)[C@@H]2N=[N+]=[N-])[C@H](OC(=O)c2ccccc2)[C@@H](O[C@@H]2O[C@H](COC(C)=O)[C@@H](O[C@@H]3O[C@H](COC(C)=O)[C@H](OC(C)=O)[C@H](OC(C)=O)[C@H]3O[C@@H]3O[C@@H](C)[C@@H](OC(C)=O)[C@@H](OC(C)=O)[C@@H]3OC(C)=O)[C@H](O[C@@H]3O[C@@H](C)[C@@H](OC(C)=O)[C@@H](OC(C)=O)[C@@H]3OC(C)=O)[C@H]2N)[C@H]1OC(C)=O. The van der Waals surface area contributed by atoms with Gasteiger partial charge in [0.15, 0.2) is 113 Å². The lowest BCUT2D eigenvalue weighted by Gasteiger charge is -2.52. The van der Waals surface area contributed by atoms with Crippen molar-refractivity contribution in [3.63, 3.8) is 0 Å². The van der Waals surface area contributed by atoms with Gasteiger partial charge in [-0.05, 0) is 49.6 Å². The monoisotopic (exact) mass is 1700 g/mol. The highest BCUT2D eigenvalue weighted by atomic mass is 28.4. The molecule has 1 aromatic rings. The molecule has 30 atom stereocenters. The van der Waals surface area contributed by atoms with Crippen LogP contribution in [0.2, 0.25) is 18.1 Å². The van der Waals surface area contributed by atoms with Crippen molar-refractivity contribution < 1.29 is 191 Å². The summed E-state index contributed by atoms with van der Waals surface area (Å²) in [5, 5.41) is 27.4. The highest BCUT2D eigenvalue weighted by molar-refractivity contribution is 6.74. The molecule has 6 fully saturated rings. The summed E-state index contributed by atoms with van der Waals surface area (Å²) in [5.74, 6) is -13.9. The number of hydrogen-bond acceptors (Lipinski definition) is 42. The molecule has 0 amide bonds. The average molecular weight is 1710 g/mol. The molecule has 0 saturated carbocycles. The van der Waals surface area contributed by atoms with Crippen LogP contribution >= 0.6 is 0 Å². The number of ether oxygens (including phenoxy) is 24. The van der Waals surface area contributed by atoms with Crippen LogP contribution in [-0.4, -0.2) is 307 Å². The predicted molar refractivity (Wildman–Crippen MR) is 385 cm³/mol. The molecule has 0 spiro atoms. The molecule has 0 unspecified atom stereocenters. The maximum Gasteiger partial charge on any atom is 0.338 e. The van der Waals surface area contributed by atoms with Gasteiger partial charge < -0.3 is 134 Å². The molecule has 0 radical (unpaired) electrons. The van der Waals surface area contributed by atoms with Crippen LogP contribution in [0, 0.1) is 0 Å². The summed E-state index contributed by atoms with van der Waals surface area (Å²) >= 11 is 0. The molecule has 44 nitrogen and oxygen atoms in total. The van der Waals surface area contributed by atoms with Crippen LogP contribution in [-0.2, 0) is 176 Å². The van der Waals surface area contributed by atoms with E-state index in [9.17, 15) is 78.1 Å². The summed E-state index contributed by atoms with van der Waals surface area (Å²) in [7, 11) is -2.72. The molecular formula is C73H104N4O40Si. The second-order valence-corrected chi connectivity index (χ2v) is 34.6. The molecule has 0 aromatic heterocycles. The van der Waals surface area contributed by atoms with Gasteiger partial charge in [0.05, 0.1) is 30.4 Å². The van der Waals surface area contributed by atoms with Crippen molar-refractivity contribution in [1.29, 1.82) is 0 Å². The summed E-state index contributed by atoms with van der Waals surface area (Å²) in [4.78, 5) is 176. The Kier molecular flexibility index (Phi) is 34.7. The minimum absolute atomic E-state index is 0.186. The second-order valence-electron chi connectivity index (χ2n) is 29.8. The molecular weight excluding hydrogens is 1600 g/mol. The van der Waals surface area contributed by atoms with Crippen molar-refractivity contribution >= 4 is 85.9 Å². The Morgan fingerprint density at radius 2 is 0.729 bits per heavy atom. The third-order valence-corrected chi connectivity index (χ3v) is 23.9. The van der Waals surface area contributed by atoms with Crippen LogP contribution in [0.3, 0.4) is 0 Å². The van der Waals surface area contributed by atoms with E-state index in [0.717, 1.165) is 83.1 Å².